The van der Waals surface area contributed by atoms with E-state index in [1.807, 2.05) is 0 Å². The summed E-state index contributed by atoms with van der Waals surface area (Å²) in [7, 11) is 1.62. The van der Waals surface area contributed by atoms with E-state index in [1.165, 1.54) is 10.6 Å². The van der Waals surface area contributed by atoms with Gasteiger partial charge in [-0.3, -0.25) is 14.4 Å². The summed E-state index contributed by atoms with van der Waals surface area (Å²) in [6.45, 7) is 1.28. The van der Waals surface area contributed by atoms with Crippen LogP contribution in [0.25, 0.3) is 0 Å². The fraction of sp³-hybridized carbons (Fsp3) is 0.533. The average Bonchev–Trinajstić information content (AvgIpc) is 2.47. The summed E-state index contributed by atoms with van der Waals surface area (Å²) < 4.78 is 1.39. The number of pyridine rings is 1. The standard InChI is InChI=1S/C15H20N2O4/c1-16-10-12(5-6-13(16)18)15(21)17-8-2-3-11(9-17)4-7-14(19)20/h5-6,10-11H,2-4,7-9H2,1H3,(H,19,20)/t11-/m1/s1. The summed E-state index contributed by atoms with van der Waals surface area (Å²) in [5, 5.41) is 8.74. The van der Waals surface area contributed by atoms with Crippen LogP contribution in [0.3, 0.4) is 0 Å². The van der Waals surface area contributed by atoms with Crippen LogP contribution >= 0.6 is 0 Å². The van der Waals surface area contributed by atoms with Gasteiger partial charge >= 0.3 is 5.97 Å². The molecule has 0 aliphatic carbocycles. The van der Waals surface area contributed by atoms with E-state index in [-0.39, 0.29) is 23.8 Å². The normalized spacial score (nSPS) is 18.5. The van der Waals surface area contributed by atoms with E-state index in [9.17, 15) is 14.4 Å². The third-order valence-corrected chi connectivity index (χ3v) is 3.91. The number of piperidine rings is 1. The highest BCUT2D eigenvalue weighted by Gasteiger charge is 2.25. The third-order valence-electron chi connectivity index (χ3n) is 3.91. The van der Waals surface area contributed by atoms with Crippen LogP contribution in [0.4, 0.5) is 0 Å². The van der Waals surface area contributed by atoms with Crippen molar-refractivity contribution >= 4 is 11.9 Å². The lowest BCUT2D eigenvalue weighted by Gasteiger charge is -2.32. The first kappa shape index (κ1) is 15.3. The second kappa shape index (κ2) is 6.56. The molecular formula is C15H20N2O4. The topological polar surface area (TPSA) is 79.6 Å². The van der Waals surface area contributed by atoms with E-state index < -0.39 is 5.97 Å². The maximum Gasteiger partial charge on any atom is 0.303 e. The minimum atomic E-state index is -0.795. The van der Waals surface area contributed by atoms with Gasteiger partial charge in [0.1, 0.15) is 0 Å². The van der Waals surface area contributed by atoms with Crippen LogP contribution in [0.15, 0.2) is 23.1 Å². The molecule has 0 saturated carbocycles. The van der Waals surface area contributed by atoms with Crippen molar-refractivity contribution in [3.63, 3.8) is 0 Å². The SMILES string of the molecule is Cn1cc(C(=O)N2CCC[C@H](CCC(=O)O)C2)ccc1=O. The molecule has 2 heterocycles. The lowest BCUT2D eigenvalue weighted by atomic mass is 9.93. The van der Waals surface area contributed by atoms with Gasteiger partial charge < -0.3 is 14.6 Å². The molecule has 114 valence electrons. The Kier molecular flexibility index (Phi) is 4.77. The van der Waals surface area contributed by atoms with Crippen molar-refractivity contribution in [2.75, 3.05) is 13.1 Å². The predicted molar refractivity (Wildman–Crippen MR) is 77.2 cm³/mol. The first-order valence-corrected chi connectivity index (χ1v) is 7.15. The van der Waals surface area contributed by atoms with Crippen LogP contribution in [-0.4, -0.2) is 39.5 Å². The molecule has 21 heavy (non-hydrogen) atoms. The van der Waals surface area contributed by atoms with Crippen molar-refractivity contribution in [1.82, 2.24) is 9.47 Å². The molecule has 2 rings (SSSR count). The molecule has 6 nitrogen and oxygen atoms in total. The Morgan fingerprint density at radius 3 is 2.81 bits per heavy atom. The Balaban J connectivity index is 2.02. The number of aliphatic carboxylic acids is 1. The number of amides is 1. The molecule has 1 saturated heterocycles. The van der Waals surface area contributed by atoms with Crippen molar-refractivity contribution in [2.24, 2.45) is 13.0 Å². The molecule has 0 aromatic carbocycles. The summed E-state index contributed by atoms with van der Waals surface area (Å²) >= 11 is 0. The molecule has 6 heteroatoms. The number of aromatic nitrogens is 1. The van der Waals surface area contributed by atoms with E-state index >= 15 is 0 Å². The molecule has 0 bridgehead atoms. The largest absolute Gasteiger partial charge is 0.481 e. The smallest absolute Gasteiger partial charge is 0.303 e. The Hall–Kier alpha value is -2.11. The van der Waals surface area contributed by atoms with Crippen molar-refractivity contribution in [3.8, 4) is 0 Å². The summed E-state index contributed by atoms with van der Waals surface area (Å²) in [5.74, 6) is -0.645. The van der Waals surface area contributed by atoms with E-state index in [1.54, 1.807) is 24.2 Å². The number of carboxylic acid groups (broad SMARTS) is 1. The van der Waals surface area contributed by atoms with E-state index in [0.29, 0.717) is 25.1 Å². The molecule has 1 amide bonds. The fourth-order valence-electron chi connectivity index (χ4n) is 2.72. The molecule has 1 N–H and O–H groups in total. The predicted octanol–water partition coefficient (Wildman–Crippen LogP) is 1.10. The zero-order valence-electron chi connectivity index (χ0n) is 12.1. The minimum Gasteiger partial charge on any atom is -0.481 e. The fourth-order valence-corrected chi connectivity index (χ4v) is 2.72. The molecule has 1 fully saturated rings. The lowest BCUT2D eigenvalue weighted by molar-refractivity contribution is -0.137. The van der Waals surface area contributed by atoms with E-state index in [2.05, 4.69) is 0 Å². The van der Waals surface area contributed by atoms with Crippen LogP contribution < -0.4 is 5.56 Å². The van der Waals surface area contributed by atoms with Crippen LogP contribution in [0.1, 0.15) is 36.0 Å². The van der Waals surface area contributed by atoms with Gasteiger partial charge in [-0.05, 0) is 31.2 Å². The second-order valence-corrected chi connectivity index (χ2v) is 5.56. The van der Waals surface area contributed by atoms with Crippen molar-refractivity contribution in [3.05, 3.63) is 34.2 Å². The highest BCUT2D eigenvalue weighted by molar-refractivity contribution is 5.94. The van der Waals surface area contributed by atoms with Crippen molar-refractivity contribution in [2.45, 2.75) is 25.7 Å². The molecule has 1 aromatic heterocycles. The molecule has 1 aliphatic rings. The van der Waals surface area contributed by atoms with Gasteiger partial charge in [-0.15, -0.1) is 0 Å². The molecular weight excluding hydrogens is 272 g/mol. The van der Waals surface area contributed by atoms with Gasteiger partial charge in [0, 0.05) is 38.8 Å². The van der Waals surface area contributed by atoms with Gasteiger partial charge in [-0.25, -0.2) is 0 Å². The minimum absolute atomic E-state index is 0.0920. The van der Waals surface area contributed by atoms with Crippen LogP contribution in [-0.2, 0) is 11.8 Å². The summed E-state index contributed by atoms with van der Waals surface area (Å²) in [6, 6.07) is 2.94. The van der Waals surface area contributed by atoms with Gasteiger partial charge in [0.15, 0.2) is 0 Å². The molecule has 1 atom stereocenters. The molecule has 1 aromatic rings. The molecule has 0 unspecified atom stereocenters. The van der Waals surface area contributed by atoms with Crippen molar-refractivity contribution in [1.29, 1.82) is 0 Å². The summed E-state index contributed by atoms with van der Waals surface area (Å²) in [6.07, 6.45) is 4.15. The number of carbonyl (C=O) groups is 2. The van der Waals surface area contributed by atoms with Gasteiger partial charge in [0.2, 0.25) is 5.56 Å². The summed E-state index contributed by atoms with van der Waals surface area (Å²) in [5.41, 5.74) is 0.348. The van der Waals surface area contributed by atoms with Crippen LogP contribution in [0.2, 0.25) is 0 Å². The Bertz CT molecular complexity index is 594. The lowest BCUT2D eigenvalue weighted by Crippen LogP contribution is -2.40. The highest BCUT2D eigenvalue weighted by atomic mass is 16.4. The third kappa shape index (κ3) is 3.93. The first-order valence-electron chi connectivity index (χ1n) is 7.15. The number of aryl methyl sites for hydroxylation is 1. The number of hydrogen-bond acceptors (Lipinski definition) is 3. The maximum absolute atomic E-state index is 12.4. The number of nitrogens with zero attached hydrogens (tertiary/aromatic N) is 2. The van der Waals surface area contributed by atoms with E-state index in [4.69, 9.17) is 5.11 Å². The van der Waals surface area contributed by atoms with E-state index in [0.717, 1.165) is 12.8 Å². The Labute approximate surface area is 123 Å². The van der Waals surface area contributed by atoms with Gasteiger partial charge in [-0.2, -0.15) is 0 Å². The molecule has 0 radical (unpaired) electrons. The molecule has 1 aliphatic heterocycles. The first-order chi connectivity index (χ1) is 9.97. The monoisotopic (exact) mass is 292 g/mol. The van der Waals surface area contributed by atoms with Gasteiger partial charge in [-0.1, -0.05) is 0 Å². The average molecular weight is 292 g/mol. The number of rotatable bonds is 4. The number of carbonyl (C=O) groups excluding carboxylic acids is 1. The quantitative estimate of drug-likeness (QED) is 0.901. The van der Waals surface area contributed by atoms with Crippen LogP contribution in [0.5, 0.6) is 0 Å². The Morgan fingerprint density at radius 2 is 2.14 bits per heavy atom. The highest BCUT2D eigenvalue weighted by Crippen LogP contribution is 2.22. The maximum atomic E-state index is 12.4. The zero-order chi connectivity index (χ0) is 15.4. The molecule has 0 spiro atoms. The van der Waals surface area contributed by atoms with Gasteiger partial charge in [0.05, 0.1) is 5.56 Å². The summed E-state index contributed by atoms with van der Waals surface area (Å²) in [4.78, 5) is 36.2. The second-order valence-electron chi connectivity index (χ2n) is 5.56. The number of carboxylic acids is 1. The Morgan fingerprint density at radius 1 is 1.38 bits per heavy atom. The van der Waals surface area contributed by atoms with Gasteiger partial charge in [0.25, 0.3) is 5.91 Å². The zero-order valence-corrected chi connectivity index (χ0v) is 12.1. The number of likely N-dealkylation sites (tertiary alicyclic amines) is 1. The van der Waals surface area contributed by atoms with Crippen LogP contribution in [0, 0.1) is 5.92 Å². The number of hydrogen-bond donors (Lipinski definition) is 1. The van der Waals surface area contributed by atoms with Crippen molar-refractivity contribution < 1.29 is 14.7 Å².